The van der Waals surface area contributed by atoms with Crippen LogP contribution in [0.2, 0.25) is 0 Å². The molecule has 19 heavy (non-hydrogen) atoms. The third kappa shape index (κ3) is 2.74. The number of hydrogen-bond acceptors (Lipinski definition) is 4. The van der Waals surface area contributed by atoms with Crippen LogP contribution in [0.25, 0.3) is 11.1 Å². The molecule has 0 amide bonds. The molecule has 4 nitrogen and oxygen atoms in total. The van der Waals surface area contributed by atoms with Crippen molar-refractivity contribution in [3.63, 3.8) is 0 Å². The van der Waals surface area contributed by atoms with Crippen LogP contribution >= 0.6 is 15.9 Å². The van der Waals surface area contributed by atoms with E-state index in [-0.39, 0.29) is 5.82 Å². The van der Waals surface area contributed by atoms with E-state index < -0.39 is 0 Å². The number of benzene rings is 1. The molecule has 0 radical (unpaired) electrons. The molecule has 3 rings (SSSR count). The van der Waals surface area contributed by atoms with Gasteiger partial charge in [-0.25, -0.2) is 14.4 Å². The Labute approximate surface area is 118 Å². The summed E-state index contributed by atoms with van der Waals surface area (Å²) < 4.78 is 14.6. The van der Waals surface area contributed by atoms with Crippen LogP contribution in [-0.4, -0.2) is 29.1 Å². The first-order chi connectivity index (χ1) is 9.22. The summed E-state index contributed by atoms with van der Waals surface area (Å²) in [7, 11) is 0. The summed E-state index contributed by atoms with van der Waals surface area (Å²) in [5, 5.41) is 6.35. The van der Waals surface area contributed by atoms with E-state index in [1.165, 1.54) is 6.07 Å². The van der Waals surface area contributed by atoms with Crippen LogP contribution < -0.4 is 10.6 Å². The summed E-state index contributed by atoms with van der Waals surface area (Å²) >= 11 is 3.33. The first kappa shape index (κ1) is 12.5. The molecular formula is C13H12BrFN4. The Morgan fingerprint density at radius 1 is 1.26 bits per heavy atom. The monoisotopic (exact) mass is 322 g/mol. The van der Waals surface area contributed by atoms with E-state index in [0.29, 0.717) is 23.1 Å². The van der Waals surface area contributed by atoms with Crippen LogP contribution in [0.1, 0.15) is 0 Å². The van der Waals surface area contributed by atoms with E-state index in [9.17, 15) is 4.39 Å². The van der Waals surface area contributed by atoms with E-state index in [1.54, 1.807) is 24.5 Å². The SMILES string of the molecule is Fc1ccc(Br)cc1-c1cnc(NC2CNC2)nc1. The molecule has 0 unspecified atom stereocenters. The molecule has 0 spiro atoms. The molecular weight excluding hydrogens is 311 g/mol. The third-order valence-corrected chi connectivity index (χ3v) is 3.50. The van der Waals surface area contributed by atoms with Gasteiger partial charge in [0, 0.05) is 41.1 Å². The number of nitrogens with zero attached hydrogens (tertiary/aromatic N) is 2. The highest BCUT2D eigenvalue weighted by Gasteiger charge is 2.17. The molecule has 6 heteroatoms. The maximum Gasteiger partial charge on any atom is 0.222 e. The van der Waals surface area contributed by atoms with E-state index in [1.807, 2.05) is 0 Å². The number of aromatic nitrogens is 2. The maximum absolute atomic E-state index is 13.7. The number of halogens is 2. The second-order valence-electron chi connectivity index (χ2n) is 4.42. The summed E-state index contributed by atoms with van der Waals surface area (Å²) in [5.41, 5.74) is 1.15. The van der Waals surface area contributed by atoms with Gasteiger partial charge in [-0.3, -0.25) is 0 Å². The molecule has 2 heterocycles. The van der Waals surface area contributed by atoms with Crippen molar-refractivity contribution in [2.75, 3.05) is 18.4 Å². The van der Waals surface area contributed by atoms with Crippen molar-refractivity contribution in [1.29, 1.82) is 0 Å². The van der Waals surface area contributed by atoms with Crippen molar-refractivity contribution in [2.24, 2.45) is 0 Å². The fourth-order valence-corrected chi connectivity index (χ4v) is 2.19. The highest BCUT2D eigenvalue weighted by atomic mass is 79.9. The molecule has 98 valence electrons. The third-order valence-electron chi connectivity index (χ3n) is 3.01. The van der Waals surface area contributed by atoms with Crippen LogP contribution in [0.15, 0.2) is 35.1 Å². The van der Waals surface area contributed by atoms with Crippen molar-refractivity contribution in [3.05, 3.63) is 40.9 Å². The topological polar surface area (TPSA) is 49.8 Å². The lowest BCUT2D eigenvalue weighted by molar-refractivity contribution is 0.469. The van der Waals surface area contributed by atoms with Crippen LogP contribution in [0.4, 0.5) is 10.3 Å². The lowest BCUT2D eigenvalue weighted by Gasteiger charge is -2.27. The summed E-state index contributed by atoms with van der Waals surface area (Å²) in [6.07, 6.45) is 3.26. The first-order valence-corrected chi connectivity index (χ1v) is 6.76. The zero-order valence-corrected chi connectivity index (χ0v) is 11.6. The lowest BCUT2D eigenvalue weighted by atomic mass is 10.1. The van der Waals surface area contributed by atoms with Gasteiger partial charge in [0.1, 0.15) is 5.82 Å². The van der Waals surface area contributed by atoms with Crippen molar-refractivity contribution in [3.8, 4) is 11.1 Å². The number of rotatable bonds is 3. The van der Waals surface area contributed by atoms with E-state index in [0.717, 1.165) is 17.6 Å². The highest BCUT2D eigenvalue weighted by Crippen LogP contribution is 2.25. The number of anilines is 1. The zero-order chi connectivity index (χ0) is 13.2. The molecule has 1 aliphatic heterocycles. The smallest absolute Gasteiger partial charge is 0.222 e. The molecule has 2 N–H and O–H groups in total. The van der Waals surface area contributed by atoms with Gasteiger partial charge in [-0.15, -0.1) is 0 Å². The average Bonchev–Trinajstić information content (AvgIpc) is 2.38. The van der Waals surface area contributed by atoms with Gasteiger partial charge in [-0.2, -0.15) is 0 Å². The van der Waals surface area contributed by atoms with E-state index in [2.05, 4.69) is 36.5 Å². The molecule has 2 aromatic rings. The van der Waals surface area contributed by atoms with Gasteiger partial charge in [0.25, 0.3) is 0 Å². The minimum Gasteiger partial charge on any atom is -0.349 e. The Kier molecular flexibility index (Phi) is 3.44. The van der Waals surface area contributed by atoms with Gasteiger partial charge < -0.3 is 10.6 Å². The fourth-order valence-electron chi connectivity index (χ4n) is 1.83. The van der Waals surface area contributed by atoms with Gasteiger partial charge >= 0.3 is 0 Å². The first-order valence-electron chi connectivity index (χ1n) is 5.97. The Morgan fingerprint density at radius 2 is 2.00 bits per heavy atom. The largest absolute Gasteiger partial charge is 0.349 e. The molecule has 0 aliphatic carbocycles. The average molecular weight is 323 g/mol. The van der Waals surface area contributed by atoms with Crippen molar-refractivity contribution in [2.45, 2.75) is 6.04 Å². The van der Waals surface area contributed by atoms with Gasteiger partial charge in [0.05, 0.1) is 6.04 Å². The summed E-state index contributed by atoms with van der Waals surface area (Å²) in [5.74, 6) is 0.293. The van der Waals surface area contributed by atoms with Crippen molar-refractivity contribution >= 4 is 21.9 Å². The van der Waals surface area contributed by atoms with Crippen LogP contribution in [0.3, 0.4) is 0 Å². The molecule has 0 saturated carbocycles. The molecule has 0 bridgehead atoms. The number of nitrogens with one attached hydrogen (secondary N) is 2. The minimum absolute atomic E-state index is 0.282. The summed E-state index contributed by atoms with van der Waals surface area (Å²) in [6, 6.07) is 5.19. The van der Waals surface area contributed by atoms with Crippen LogP contribution in [0.5, 0.6) is 0 Å². The molecule has 1 saturated heterocycles. The summed E-state index contributed by atoms with van der Waals surface area (Å²) in [6.45, 7) is 1.84. The molecule has 0 atom stereocenters. The standard InChI is InChI=1S/C13H12BrFN4/c14-9-1-2-12(15)11(3-9)8-4-17-13(18-5-8)19-10-6-16-7-10/h1-5,10,16H,6-7H2,(H,17,18,19). The van der Waals surface area contributed by atoms with Gasteiger partial charge in [0.15, 0.2) is 0 Å². The van der Waals surface area contributed by atoms with Gasteiger partial charge in [-0.05, 0) is 18.2 Å². The molecule has 1 fully saturated rings. The van der Waals surface area contributed by atoms with Crippen LogP contribution in [-0.2, 0) is 0 Å². The van der Waals surface area contributed by atoms with Crippen molar-refractivity contribution < 1.29 is 4.39 Å². The second-order valence-corrected chi connectivity index (χ2v) is 5.33. The molecule has 1 aromatic carbocycles. The quantitative estimate of drug-likeness (QED) is 0.911. The van der Waals surface area contributed by atoms with Crippen molar-refractivity contribution in [1.82, 2.24) is 15.3 Å². The van der Waals surface area contributed by atoms with Gasteiger partial charge in [0.2, 0.25) is 5.95 Å². The normalized spacial score (nSPS) is 15.1. The highest BCUT2D eigenvalue weighted by molar-refractivity contribution is 9.10. The Bertz CT molecular complexity index is 584. The maximum atomic E-state index is 13.7. The zero-order valence-electron chi connectivity index (χ0n) is 10.0. The number of hydrogen-bond donors (Lipinski definition) is 2. The Hall–Kier alpha value is -1.53. The predicted octanol–water partition coefficient (Wildman–Crippen LogP) is 2.43. The second kappa shape index (κ2) is 5.22. The minimum atomic E-state index is -0.282. The Morgan fingerprint density at radius 3 is 2.63 bits per heavy atom. The predicted molar refractivity (Wildman–Crippen MR) is 75.4 cm³/mol. The molecule has 1 aromatic heterocycles. The Balaban J connectivity index is 1.83. The van der Waals surface area contributed by atoms with Gasteiger partial charge in [-0.1, -0.05) is 15.9 Å². The molecule has 1 aliphatic rings. The van der Waals surface area contributed by atoms with E-state index in [4.69, 9.17) is 0 Å². The van der Waals surface area contributed by atoms with Crippen LogP contribution in [0, 0.1) is 5.82 Å². The van der Waals surface area contributed by atoms with E-state index >= 15 is 0 Å². The lowest BCUT2D eigenvalue weighted by Crippen LogP contribution is -2.51. The summed E-state index contributed by atoms with van der Waals surface area (Å²) in [4.78, 5) is 8.43. The fraction of sp³-hybridized carbons (Fsp3) is 0.231.